The average molecular weight is 206 g/mol. The van der Waals surface area contributed by atoms with Crippen molar-refractivity contribution in [2.75, 3.05) is 12.8 Å². The van der Waals surface area contributed by atoms with Gasteiger partial charge in [0.05, 0.1) is 11.4 Å². The Balaban J connectivity index is 3.32. The monoisotopic (exact) mass is 206 g/mol. The molecular weight excluding hydrogens is 188 g/mol. The van der Waals surface area contributed by atoms with Crippen molar-refractivity contribution in [1.29, 1.82) is 0 Å². The first kappa shape index (κ1) is 11.5. The number of nitrogens with zero attached hydrogens (tertiary/aromatic N) is 2. The smallest absolute Gasteiger partial charge is 0.153 e. The highest BCUT2D eigenvalue weighted by Gasteiger charge is 2.24. The number of nitrogen functional groups attached to an aromatic ring is 1. The van der Waals surface area contributed by atoms with E-state index < -0.39 is 0 Å². The van der Waals surface area contributed by atoms with Crippen molar-refractivity contribution in [3.63, 3.8) is 0 Å². The van der Waals surface area contributed by atoms with E-state index in [1.165, 1.54) is 0 Å². The van der Waals surface area contributed by atoms with Crippen LogP contribution in [0.2, 0.25) is 0 Å². The van der Waals surface area contributed by atoms with E-state index in [0.717, 1.165) is 17.0 Å². The molecule has 0 aliphatic rings. The van der Waals surface area contributed by atoms with E-state index in [2.05, 4.69) is 42.5 Å². The summed E-state index contributed by atoms with van der Waals surface area (Å²) in [6, 6.07) is 0. The Morgan fingerprint density at radius 2 is 2.13 bits per heavy atom. The zero-order valence-electron chi connectivity index (χ0n) is 9.76. The summed E-state index contributed by atoms with van der Waals surface area (Å²) in [7, 11) is 1.77. The lowest BCUT2D eigenvalue weighted by atomic mass is 9.86. The van der Waals surface area contributed by atoms with Crippen LogP contribution in [0.5, 0.6) is 0 Å². The number of nitrogens with two attached hydrogens (primary N) is 1. The van der Waals surface area contributed by atoms with E-state index in [1.807, 2.05) is 0 Å². The van der Waals surface area contributed by atoms with Gasteiger partial charge in [-0.15, -0.1) is 0 Å². The van der Waals surface area contributed by atoms with Crippen molar-refractivity contribution in [2.24, 2.45) is 10.4 Å². The molecule has 0 unspecified atom stereocenters. The minimum Gasteiger partial charge on any atom is -0.382 e. The molecule has 1 heterocycles. The third-order valence-corrected chi connectivity index (χ3v) is 2.21. The highest BCUT2D eigenvalue weighted by molar-refractivity contribution is 6.06. The lowest BCUT2D eigenvalue weighted by molar-refractivity contribution is 0.589. The Labute approximate surface area is 90.3 Å². The van der Waals surface area contributed by atoms with Gasteiger partial charge in [-0.25, -0.2) is 0 Å². The fraction of sp³-hybridized carbons (Fsp3) is 0.455. The summed E-state index contributed by atoms with van der Waals surface area (Å²) in [5.41, 5.74) is 8.30. The van der Waals surface area contributed by atoms with Gasteiger partial charge in [0.15, 0.2) is 5.82 Å². The van der Waals surface area contributed by atoms with Crippen LogP contribution in [0, 0.1) is 5.41 Å². The van der Waals surface area contributed by atoms with Gasteiger partial charge in [-0.3, -0.25) is 10.1 Å². The molecule has 3 N–H and O–H groups in total. The number of aliphatic imine (C=N–C) groups is 1. The number of H-pyrrole nitrogens is 1. The SMILES string of the molecule is C=Cc1c(N)n[nH]c1C(=NC)C(C)(C)C. The van der Waals surface area contributed by atoms with E-state index in [1.54, 1.807) is 13.1 Å². The summed E-state index contributed by atoms with van der Waals surface area (Å²) in [4.78, 5) is 4.29. The van der Waals surface area contributed by atoms with E-state index in [9.17, 15) is 0 Å². The Bertz CT molecular complexity index is 393. The van der Waals surface area contributed by atoms with Gasteiger partial charge in [0, 0.05) is 18.0 Å². The number of nitrogens with one attached hydrogen (secondary N) is 1. The number of hydrogen-bond acceptors (Lipinski definition) is 3. The minimum atomic E-state index is -0.0501. The highest BCUT2D eigenvalue weighted by Crippen LogP contribution is 2.25. The van der Waals surface area contributed by atoms with Gasteiger partial charge >= 0.3 is 0 Å². The first-order valence-corrected chi connectivity index (χ1v) is 4.85. The van der Waals surface area contributed by atoms with Crippen LogP contribution < -0.4 is 5.73 Å². The van der Waals surface area contributed by atoms with Gasteiger partial charge in [0.2, 0.25) is 0 Å². The molecule has 4 heteroatoms. The van der Waals surface area contributed by atoms with Crippen molar-refractivity contribution in [3.05, 3.63) is 17.8 Å². The quantitative estimate of drug-likeness (QED) is 0.728. The maximum atomic E-state index is 5.72. The molecule has 0 saturated carbocycles. The van der Waals surface area contributed by atoms with Crippen molar-refractivity contribution >= 4 is 17.6 Å². The van der Waals surface area contributed by atoms with Crippen LogP contribution in [-0.2, 0) is 0 Å². The molecule has 0 aromatic carbocycles. The Morgan fingerprint density at radius 1 is 1.53 bits per heavy atom. The summed E-state index contributed by atoms with van der Waals surface area (Å²) in [5.74, 6) is 0.463. The summed E-state index contributed by atoms with van der Waals surface area (Å²) in [5, 5.41) is 6.88. The molecule has 1 rings (SSSR count). The van der Waals surface area contributed by atoms with Crippen LogP contribution >= 0.6 is 0 Å². The first-order chi connectivity index (χ1) is 6.91. The summed E-state index contributed by atoms with van der Waals surface area (Å²) in [6.45, 7) is 10.0. The predicted molar refractivity (Wildman–Crippen MR) is 65.0 cm³/mol. The number of rotatable bonds is 2. The zero-order chi connectivity index (χ0) is 11.6. The molecular formula is C11H18N4. The van der Waals surface area contributed by atoms with Crippen LogP contribution in [0.4, 0.5) is 5.82 Å². The van der Waals surface area contributed by atoms with E-state index in [-0.39, 0.29) is 5.41 Å². The molecule has 0 atom stereocenters. The Kier molecular flexibility index (Phi) is 2.98. The molecule has 0 saturated heterocycles. The van der Waals surface area contributed by atoms with Gasteiger partial charge < -0.3 is 5.73 Å². The van der Waals surface area contributed by atoms with Crippen molar-refractivity contribution in [2.45, 2.75) is 20.8 Å². The molecule has 15 heavy (non-hydrogen) atoms. The van der Waals surface area contributed by atoms with Crippen LogP contribution in [0.3, 0.4) is 0 Å². The highest BCUT2D eigenvalue weighted by atomic mass is 15.2. The molecule has 82 valence electrons. The first-order valence-electron chi connectivity index (χ1n) is 4.85. The Morgan fingerprint density at radius 3 is 2.53 bits per heavy atom. The van der Waals surface area contributed by atoms with Crippen LogP contribution in [-0.4, -0.2) is 23.0 Å². The van der Waals surface area contributed by atoms with Gasteiger partial charge in [0.1, 0.15) is 0 Å². The lowest BCUT2D eigenvalue weighted by Gasteiger charge is -2.20. The molecule has 0 aliphatic heterocycles. The van der Waals surface area contributed by atoms with Crippen molar-refractivity contribution in [3.8, 4) is 0 Å². The van der Waals surface area contributed by atoms with Crippen LogP contribution in [0.25, 0.3) is 6.08 Å². The summed E-state index contributed by atoms with van der Waals surface area (Å²) < 4.78 is 0. The second kappa shape index (κ2) is 3.88. The van der Waals surface area contributed by atoms with E-state index >= 15 is 0 Å². The van der Waals surface area contributed by atoms with Crippen molar-refractivity contribution < 1.29 is 0 Å². The normalized spacial score (nSPS) is 12.9. The number of aromatic amines is 1. The number of aromatic nitrogens is 2. The number of hydrogen-bond donors (Lipinski definition) is 2. The topological polar surface area (TPSA) is 67.1 Å². The average Bonchev–Trinajstić information content (AvgIpc) is 2.46. The molecule has 0 aliphatic carbocycles. The molecule has 0 spiro atoms. The molecule has 0 radical (unpaired) electrons. The predicted octanol–water partition coefficient (Wildman–Crippen LogP) is 2.10. The van der Waals surface area contributed by atoms with E-state index in [4.69, 9.17) is 5.73 Å². The minimum absolute atomic E-state index is 0.0501. The van der Waals surface area contributed by atoms with Gasteiger partial charge in [-0.1, -0.05) is 33.4 Å². The maximum absolute atomic E-state index is 5.72. The summed E-state index contributed by atoms with van der Waals surface area (Å²) in [6.07, 6.45) is 1.70. The zero-order valence-corrected chi connectivity index (χ0v) is 9.76. The number of anilines is 1. The molecule has 1 aromatic heterocycles. The molecule has 1 aromatic rings. The summed E-state index contributed by atoms with van der Waals surface area (Å²) >= 11 is 0. The third kappa shape index (κ3) is 2.09. The molecule has 4 nitrogen and oxygen atoms in total. The standard InChI is InChI=1S/C11H18N4/c1-6-7-8(14-15-10(7)12)9(13-5)11(2,3)4/h6H,1H2,2-5H3,(H3,12,14,15). The Hall–Kier alpha value is -1.58. The fourth-order valence-corrected chi connectivity index (χ4v) is 1.57. The van der Waals surface area contributed by atoms with Crippen LogP contribution in [0.1, 0.15) is 32.0 Å². The van der Waals surface area contributed by atoms with Gasteiger partial charge in [0.25, 0.3) is 0 Å². The molecule has 0 bridgehead atoms. The second-order valence-electron chi connectivity index (χ2n) is 4.42. The van der Waals surface area contributed by atoms with E-state index in [0.29, 0.717) is 5.82 Å². The third-order valence-electron chi connectivity index (χ3n) is 2.21. The fourth-order valence-electron chi connectivity index (χ4n) is 1.57. The van der Waals surface area contributed by atoms with Gasteiger partial charge in [-0.05, 0) is 0 Å². The maximum Gasteiger partial charge on any atom is 0.153 e. The van der Waals surface area contributed by atoms with Crippen LogP contribution in [0.15, 0.2) is 11.6 Å². The second-order valence-corrected chi connectivity index (χ2v) is 4.42. The lowest BCUT2D eigenvalue weighted by Crippen LogP contribution is -2.22. The largest absolute Gasteiger partial charge is 0.382 e. The van der Waals surface area contributed by atoms with Crippen molar-refractivity contribution in [1.82, 2.24) is 10.2 Å². The molecule has 0 amide bonds. The van der Waals surface area contributed by atoms with Gasteiger partial charge in [-0.2, -0.15) is 5.10 Å². The molecule has 0 fully saturated rings.